The first-order chi connectivity index (χ1) is 4.79. The number of rotatable bonds is 1. The van der Waals surface area contributed by atoms with Gasteiger partial charge < -0.3 is 14.6 Å². The van der Waals surface area contributed by atoms with E-state index in [-0.39, 0.29) is 63.4 Å². The molecule has 0 N–H and O–H groups in total. The van der Waals surface area contributed by atoms with Crippen molar-refractivity contribution in [2.45, 2.75) is 31.5 Å². The molecular weight excluding hydrogens is 171 g/mol. The van der Waals surface area contributed by atoms with Gasteiger partial charge in [0, 0.05) is 5.92 Å². The monoisotopic (exact) mass is 180 g/mol. The molecule has 3 nitrogen and oxygen atoms in total. The minimum absolute atomic E-state index is 0. The third-order valence-corrected chi connectivity index (χ3v) is 2.45. The second-order valence-electron chi connectivity index (χ2n) is 3.01. The van der Waals surface area contributed by atoms with Gasteiger partial charge in [-0.1, -0.05) is 6.42 Å². The summed E-state index contributed by atoms with van der Waals surface area (Å²) < 4.78 is 5.06. The van der Waals surface area contributed by atoms with Crippen LogP contribution < -0.4 is 56.5 Å². The number of fused-ring (bicyclic) bond motifs is 1. The zero-order chi connectivity index (χ0) is 7.14. The molecule has 1 aliphatic heterocycles. The normalized spacial score (nSPS) is 40.2. The van der Waals surface area contributed by atoms with Crippen LogP contribution in [0.2, 0.25) is 0 Å². The summed E-state index contributed by atoms with van der Waals surface area (Å²) in [6.45, 7) is 0. The predicted octanol–water partition coefficient (Wildman–Crippen LogP) is -3.69. The van der Waals surface area contributed by atoms with Gasteiger partial charge in [-0.25, -0.2) is 0 Å². The van der Waals surface area contributed by atoms with E-state index in [4.69, 9.17) is 4.74 Å². The molecule has 1 aliphatic carbocycles. The maximum absolute atomic E-state index is 10.3. The summed E-state index contributed by atoms with van der Waals surface area (Å²) in [5, 5.41) is 10.3. The quantitative estimate of drug-likeness (QED) is 0.390. The zero-order valence-corrected chi connectivity index (χ0v) is 9.70. The summed E-state index contributed by atoms with van der Waals surface area (Å²) >= 11 is 0. The van der Waals surface area contributed by atoms with E-state index in [0.29, 0.717) is 0 Å². The fraction of sp³-hybridized carbons (Fsp3) is 0.857. The van der Waals surface area contributed by atoms with Crippen LogP contribution >= 0.6 is 0 Å². The van der Waals surface area contributed by atoms with Gasteiger partial charge in [0.25, 0.3) is 0 Å². The van der Waals surface area contributed by atoms with Crippen molar-refractivity contribution in [1.29, 1.82) is 0 Å². The van der Waals surface area contributed by atoms with Crippen LogP contribution in [0.25, 0.3) is 0 Å². The Morgan fingerprint density at radius 1 is 1.45 bits per heavy atom. The first-order valence-corrected chi connectivity index (χ1v) is 3.65. The topological polar surface area (TPSA) is 49.4 Å². The smallest absolute Gasteiger partial charge is 0.547 e. The van der Waals surface area contributed by atoms with Crippen LogP contribution in [0.3, 0.4) is 0 Å². The summed E-state index contributed by atoms with van der Waals surface area (Å²) in [7, 11) is 0. The van der Waals surface area contributed by atoms with Crippen LogP contribution in [0.1, 0.15) is 19.3 Å². The minimum Gasteiger partial charge on any atom is -0.547 e. The summed E-state index contributed by atoms with van der Waals surface area (Å²) in [4.78, 5) is 10.3. The van der Waals surface area contributed by atoms with E-state index in [9.17, 15) is 9.90 Å². The van der Waals surface area contributed by atoms with Crippen LogP contribution in [-0.4, -0.2) is 18.2 Å². The Hall–Kier alpha value is 1.07. The average Bonchev–Trinajstić information content (AvgIpc) is 2.11. The standard InChI is InChI=1S/C7H10O3.K/c8-7(9)6-4-2-1-3-5(4)10-6;/h4-6H,1-3H2,(H,8,9);/q;+1/p-1. The minimum atomic E-state index is -1.04. The summed E-state index contributed by atoms with van der Waals surface area (Å²) in [6.07, 6.45) is 2.80. The third-order valence-electron chi connectivity index (χ3n) is 2.45. The number of ether oxygens (including phenoxy) is 1. The average molecular weight is 180 g/mol. The Bertz CT molecular complexity index is 171. The Kier molecular flexibility index (Phi) is 3.55. The van der Waals surface area contributed by atoms with Crippen LogP contribution in [0.15, 0.2) is 0 Å². The summed E-state index contributed by atoms with van der Waals surface area (Å²) in [5.74, 6) is -0.770. The second kappa shape index (κ2) is 3.85. The number of aliphatic carboxylic acids is 1. The molecule has 2 aliphatic rings. The summed E-state index contributed by atoms with van der Waals surface area (Å²) in [5.41, 5.74) is 0. The van der Waals surface area contributed by atoms with Crippen molar-refractivity contribution < 1.29 is 66.0 Å². The molecule has 0 spiro atoms. The SMILES string of the molecule is O=C([O-])C1OC2CCCC21.[K+]. The first-order valence-electron chi connectivity index (χ1n) is 3.65. The molecule has 1 saturated heterocycles. The molecule has 0 aromatic heterocycles. The molecule has 0 bridgehead atoms. The van der Waals surface area contributed by atoms with Crippen LogP contribution in [-0.2, 0) is 9.53 Å². The van der Waals surface area contributed by atoms with Gasteiger partial charge in [-0.2, -0.15) is 0 Å². The molecule has 4 heteroatoms. The van der Waals surface area contributed by atoms with Gasteiger partial charge in [0.2, 0.25) is 0 Å². The maximum Gasteiger partial charge on any atom is 1.00 e. The predicted molar refractivity (Wildman–Crippen MR) is 31.0 cm³/mol. The van der Waals surface area contributed by atoms with Gasteiger partial charge in [0.15, 0.2) is 0 Å². The Labute approximate surface area is 108 Å². The van der Waals surface area contributed by atoms with Gasteiger partial charge in [-0.3, -0.25) is 0 Å². The van der Waals surface area contributed by atoms with Crippen LogP contribution in [0, 0.1) is 5.92 Å². The molecule has 1 heterocycles. The fourth-order valence-electron chi connectivity index (χ4n) is 1.90. The van der Waals surface area contributed by atoms with E-state index in [2.05, 4.69) is 0 Å². The molecule has 3 unspecified atom stereocenters. The van der Waals surface area contributed by atoms with Gasteiger partial charge in [0.1, 0.15) is 6.10 Å². The maximum atomic E-state index is 10.3. The van der Waals surface area contributed by atoms with Crippen molar-refractivity contribution in [3.05, 3.63) is 0 Å². The van der Waals surface area contributed by atoms with Gasteiger partial charge in [0.05, 0.1) is 12.1 Å². The molecule has 56 valence electrons. The Morgan fingerprint density at radius 3 is 2.73 bits per heavy atom. The van der Waals surface area contributed by atoms with Gasteiger partial charge in [-0.15, -0.1) is 0 Å². The largest absolute Gasteiger partial charge is 1.00 e. The van der Waals surface area contributed by atoms with Gasteiger partial charge >= 0.3 is 51.4 Å². The molecule has 0 aromatic rings. The van der Waals surface area contributed by atoms with Crippen LogP contribution in [0.4, 0.5) is 0 Å². The van der Waals surface area contributed by atoms with Gasteiger partial charge in [-0.05, 0) is 12.8 Å². The number of hydrogen-bond donors (Lipinski definition) is 0. The molecule has 0 aromatic carbocycles. The third kappa shape index (κ3) is 1.71. The second-order valence-corrected chi connectivity index (χ2v) is 3.01. The van der Waals surface area contributed by atoms with E-state index in [1.165, 1.54) is 0 Å². The molecule has 11 heavy (non-hydrogen) atoms. The Morgan fingerprint density at radius 2 is 2.18 bits per heavy atom. The summed E-state index contributed by atoms with van der Waals surface area (Å²) in [6, 6.07) is 0. The molecular formula is C7H9KO3. The van der Waals surface area contributed by atoms with Crippen molar-refractivity contribution in [3.63, 3.8) is 0 Å². The zero-order valence-electron chi connectivity index (χ0n) is 6.58. The van der Waals surface area contributed by atoms with E-state index in [1.807, 2.05) is 0 Å². The van der Waals surface area contributed by atoms with E-state index in [0.717, 1.165) is 19.3 Å². The molecule has 3 atom stereocenters. The van der Waals surface area contributed by atoms with E-state index >= 15 is 0 Å². The van der Waals surface area contributed by atoms with Crippen LogP contribution in [0.5, 0.6) is 0 Å². The van der Waals surface area contributed by atoms with Crippen molar-refractivity contribution >= 4 is 5.97 Å². The molecule has 0 radical (unpaired) electrons. The van der Waals surface area contributed by atoms with Crippen molar-refractivity contribution in [2.24, 2.45) is 5.92 Å². The first kappa shape index (κ1) is 10.1. The van der Waals surface area contributed by atoms with Crippen molar-refractivity contribution in [1.82, 2.24) is 0 Å². The Balaban J connectivity index is 0.000000605. The molecule has 1 saturated carbocycles. The number of carboxylic acids is 1. The molecule has 2 fully saturated rings. The van der Waals surface area contributed by atoms with Crippen molar-refractivity contribution in [2.75, 3.05) is 0 Å². The van der Waals surface area contributed by atoms with E-state index in [1.54, 1.807) is 0 Å². The van der Waals surface area contributed by atoms with Crippen molar-refractivity contribution in [3.8, 4) is 0 Å². The number of carboxylic acid groups (broad SMARTS) is 1. The number of carbonyl (C=O) groups excluding carboxylic acids is 1. The molecule has 2 rings (SSSR count). The van der Waals surface area contributed by atoms with E-state index < -0.39 is 12.1 Å². The number of hydrogen-bond acceptors (Lipinski definition) is 3. The fourth-order valence-corrected chi connectivity index (χ4v) is 1.90. The molecule has 0 amide bonds. The number of carbonyl (C=O) groups is 1.